The number of hydrogen-bond donors (Lipinski definition) is 3. The summed E-state index contributed by atoms with van der Waals surface area (Å²) in [6, 6.07) is 7.83. The molecule has 2 aromatic heterocycles. The minimum Gasteiger partial charge on any atom is -0.376 e. The highest BCUT2D eigenvalue weighted by Gasteiger charge is 2.18. The molecule has 3 aromatic rings. The summed E-state index contributed by atoms with van der Waals surface area (Å²) in [6.07, 6.45) is 0.0766. The minimum atomic E-state index is -0.342. The van der Waals surface area contributed by atoms with E-state index in [1.165, 1.54) is 0 Å². The number of benzene rings is 1. The topological polar surface area (TPSA) is 114 Å². The third-order valence-electron chi connectivity index (χ3n) is 5.10. The summed E-state index contributed by atoms with van der Waals surface area (Å²) in [5, 5.41) is 7.57. The Morgan fingerprint density at radius 3 is 2.22 bits per heavy atom. The van der Waals surface area contributed by atoms with Crippen LogP contribution in [0.3, 0.4) is 0 Å². The molecular formula is C23H29N7O2. The molecule has 0 saturated heterocycles. The van der Waals surface area contributed by atoms with E-state index in [1.54, 1.807) is 4.68 Å². The lowest BCUT2D eigenvalue weighted by Crippen LogP contribution is -2.44. The largest absolute Gasteiger partial charge is 0.376 e. The van der Waals surface area contributed by atoms with Crippen LogP contribution in [0.25, 0.3) is 5.95 Å². The predicted octanol–water partition coefficient (Wildman–Crippen LogP) is 2.31. The van der Waals surface area contributed by atoms with E-state index in [-0.39, 0.29) is 24.8 Å². The second kappa shape index (κ2) is 9.59. The number of carbonyl (C=O) groups is 2. The van der Waals surface area contributed by atoms with Crippen molar-refractivity contribution in [3.63, 3.8) is 0 Å². The highest BCUT2D eigenvalue weighted by Crippen LogP contribution is 2.17. The van der Waals surface area contributed by atoms with Gasteiger partial charge in [-0.3, -0.25) is 20.4 Å². The Morgan fingerprint density at radius 2 is 1.56 bits per heavy atom. The van der Waals surface area contributed by atoms with Crippen molar-refractivity contribution in [1.82, 2.24) is 30.6 Å². The molecule has 2 heterocycles. The number of nitrogens with zero attached hydrogens (tertiary/aromatic N) is 4. The molecular weight excluding hydrogens is 406 g/mol. The summed E-state index contributed by atoms with van der Waals surface area (Å²) in [7, 11) is 0. The van der Waals surface area contributed by atoms with Crippen LogP contribution in [0.2, 0.25) is 0 Å². The first-order valence-corrected chi connectivity index (χ1v) is 10.4. The van der Waals surface area contributed by atoms with Crippen LogP contribution in [0.15, 0.2) is 24.3 Å². The Kier molecular flexibility index (Phi) is 6.87. The first-order chi connectivity index (χ1) is 15.1. The third-order valence-corrected chi connectivity index (χ3v) is 5.10. The molecule has 0 aliphatic rings. The van der Waals surface area contributed by atoms with E-state index < -0.39 is 0 Å². The van der Waals surface area contributed by atoms with Crippen molar-refractivity contribution in [2.75, 3.05) is 11.9 Å². The second-order valence-corrected chi connectivity index (χ2v) is 7.96. The molecule has 0 spiro atoms. The van der Waals surface area contributed by atoms with Gasteiger partial charge < -0.3 is 5.32 Å². The number of carbonyl (C=O) groups excluding carboxylic acids is 2. The van der Waals surface area contributed by atoms with Crippen molar-refractivity contribution in [1.29, 1.82) is 0 Å². The molecule has 168 valence electrons. The van der Waals surface area contributed by atoms with Gasteiger partial charge in [0.25, 0.3) is 11.9 Å². The quantitative estimate of drug-likeness (QED) is 0.512. The number of rotatable bonds is 6. The van der Waals surface area contributed by atoms with E-state index in [2.05, 4.69) is 31.2 Å². The van der Waals surface area contributed by atoms with Crippen molar-refractivity contribution >= 4 is 17.5 Å². The first kappa shape index (κ1) is 22.9. The van der Waals surface area contributed by atoms with Gasteiger partial charge in [-0.2, -0.15) is 5.10 Å². The maximum Gasteiger partial charge on any atom is 0.257 e. The van der Waals surface area contributed by atoms with Crippen molar-refractivity contribution in [2.24, 2.45) is 0 Å². The van der Waals surface area contributed by atoms with Crippen LogP contribution < -0.4 is 16.2 Å². The normalized spacial score (nSPS) is 10.7. The van der Waals surface area contributed by atoms with Crippen molar-refractivity contribution < 1.29 is 9.59 Å². The van der Waals surface area contributed by atoms with E-state index in [0.29, 0.717) is 11.6 Å². The molecule has 1 aromatic carbocycles. The number of hydrogen-bond acceptors (Lipinski definition) is 6. The lowest BCUT2D eigenvalue weighted by Gasteiger charge is -2.11. The maximum absolute atomic E-state index is 12.4. The van der Waals surface area contributed by atoms with Gasteiger partial charge in [-0.1, -0.05) is 17.7 Å². The molecule has 32 heavy (non-hydrogen) atoms. The smallest absolute Gasteiger partial charge is 0.257 e. The van der Waals surface area contributed by atoms with Gasteiger partial charge in [0.15, 0.2) is 0 Å². The fraction of sp³-hybridized carbons (Fsp3) is 0.348. The summed E-state index contributed by atoms with van der Waals surface area (Å²) in [4.78, 5) is 33.4. The average molecular weight is 436 g/mol. The second-order valence-electron chi connectivity index (χ2n) is 7.96. The minimum absolute atomic E-state index is 0.0459. The van der Waals surface area contributed by atoms with Crippen LogP contribution in [0.5, 0.6) is 0 Å². The Morgan fingerprint density at radius 1 is 0.906 bits per heavy atom. The van der Waals surface area contributed by atoms with Crippen molar-refractivity contribution in [3.05, 3.63) is 63.7 Å². The summed E-state index contributed by atoms with van der Waals surface area (Å²) in [5.41, 5.74) is 12.0. The number of aryl methyl sites for hydroxylation is 5. The Hall–Kier alpha value is -3.75. The van der Waals surface area contributed by atoms with Gasteiger partial charge in [-0.05, 0) is 59.2 Å². The van der Waals surface area contributed by atoms with Crippen LogP contribution in [-0.2, 0) is 16.0 Å². The number of anilines is 1. The third kappa shape index (κ3) is 5.48. The van der Waals surface area contributed by atoms with E-state index in [1.807, 2.05) is 65.8 Å². The van der Waals surface area contributed by atoms with Gasteiger partial charge >= 0.3 is 0 Å². The molecule has 9 nitrogen and oxygen atoms in total. The van der Waals surface area contributed by atoms with Gasteiger partial charge in [0, 0.05) is 28.3 Å². The van der Waals surface area contributed by atoms with Gasteiger partial charge in [0.2, 0.25) is 5.91 Å². The summed E-state index contributed by atoms with van der Waals surface area (Å²) >= 11 is 0. The highest BCUT2D eigenvalue weighted by atomic mass is 16.2. The Balaban J connectivity index is 1.58. The van der Waals surface area contributed by atoms with E-state index in [0.717, 1.165) is 39.5 Å². The summed E-state index contributed by atoms with van der Waals surface area (Å²) in [5.74, 6) is -0.205. The Bertz CT molecular complexity index is 1150. The van der Waals surface area contributed by atoms with E-state index in [9.17, 15) is 9.59 Å². The number of aromatic nitrogens is 4. The van der Waals surface area contributed by atoms with Gasteiger partial charge in [-0.25, -0.2) is 14.6 Å². The van der Waals surface area contributed by atoms with Crippen LogP contribution >= 0.6 is 0 Å². The zero-order valence-corrected chi connectivity index (χ0v) is 19.3. The van der Waals surface area contributed by atoms with E-state index >= 15 is 0 Å². The maximum atomic E-state index is 12.4. The van der Waals surface area contributed by atoms with Crippen LogP contribution in [0.4, 0.5) is 5.69 Å². The van der Waals surface area contributed by atoms with Crippen molar-refractivity contribution in [3.8, 4) is 5.95 Å². The zero-order chi connectivity index (χ0) is 23.4. The lowest BCUT2D eigenvalue weighted by atomic mass is 10.1. The molecule has 3 rings (SSSR count). The average Bonchev–Trinajstić information content (AvgIpc) is 2.99. The van der Waals surface area contributed by atoms with Crippen LogP contribution in [0.1, 0.15) is 39.5 Å². The fourth-order valence-electron chi connectivity index (χ4n) is 3.50. The standard InChI is InChI=1S/C23H29N7O2/c1-13-7-8-20(14(2)9-13)24-12-22(32)28-27-21(31)11-19-17(5)29-30(18(19)6)23-25-15(3)10-16(4)26-23/h7-10,24H,11-12H2,1-6H3,(H,27,31)(H,28,32). The Labute approximate surface area is 187 Å². The molecule has 0 atom stereocenters. The van der Waals surface area contributed by atoms with Crippen molar-refractivity contribution in [2.45, 2.75) is 48.0 Å². The molecule has 0 radical (unpaired) electrons. The fourth-order valence-corrected chi connectivity index (χ4v) is 3.50. The monoisotopic (exact) mass is 435 g/mol. The molecule has 0 aliphatic carbocycles. The predicted molar refractivity (Wildman–Crippen MR) is 122 cm³/mol. The molecule has 0 bridgehead atoms. The number of hydrazine groups is 1. The molecule has 3 N–H and O–H groups in total. The zero-order valence-electron chi connectivity index (χ0n) is 19.3. The molecule has 0 unspecified atom stereocenters. The lowest BCUT2D eigenvalue weighted by molar-refractivity contribution is -0.127. The molecule has 0 saturated carbocycles. The first-order valence-electron chi connectivity index (χ1n) is 10.4. The van der Waals surface area contributed by atoms with Crippen LogP contribution in [0, 0.1) is 41.5 Å². The molecule has 2 amide bonds. The SMILES string of the molecule is Cc1ccc(NCC(=O)NNC(=O)Cc2c(C)nn(-c3nc(C)cc(C)n3)c2C)c(C)c1. The molecule has 0 fully saturated rings. The number of amides is 2. The number of nitrogens with one attached hydrogen (secondary N) is 3. The van der Waals surface area contributed by atoms with Gasteiger partial charge in [0.1, 0.15) is 0 Å². The summed E-state index contributed by atoms with van der Waals surface area (Å²) in [6.45, 7) is 11.5. The molecule has 0 aliphatic heterocycles. The summed E-state index contributed by atoms with van der Waals surface area (Å²) < 4.78 is 1.64. The van der Waals surface area contributed by atoms with Gasteiger partial charge in [0.05, 0.1) is 18.7 Å². The van der Waals surface area contributed by atoms with Crippen LogP contribution in [-0.4, -0.2) is 38.1 Å². The molecule has 9 heteroatoms. The highest BCUT2D eigenvalue weighted by molar-refractivity contribution is 5.85. The van der Waals surface area contributed by atoms with Gasteiger partial charge in [-0.15, -0.1) is 0 Å². The van der Waals surface area contributed by atoms with E-state index in [4.69, 9.17) is 0 Å².